The molecule has 2 aliphatic carbocycles. The molecule has 4 amide bonds. The molecule has 0 aromatic carbocycles. The molecule has 0 radical (unpaired) electrons. The SMILES string of the molecule is C/C=C/c1ccc2n(c1=O)C[C@@H]1[C@@H](CO)[C@H](C(=O)N3CCCCC3)[C@H]2N1C(=O)C1CC1.C/C=C\c1ccc2n(c1=O)C[C@@H]1[C@@H](CO)[C@H](C(=O)N3CCCCC3)[C@H]2N1C(=O)C1CC1. The van der Waals surface area contributed by atoms with Crippen molar-refractivity contribution < 1.29 is 29.4 Å². The van der Waals surface area contributed by atoms with E-state index >= 15 is 0 Å². The average Bonchev–Trinajstić information content (AvgIpc) is 4.24. The number of allylic oxidation sites excluding steroid dienone is 2. The van der Waals surface area contributed by atoms with E-state index in [1.165, 1.54) is 0 Å². The summed E-state index contributed by atoms with van der Waals surface area (Å²) in [7, 11) is 0. The summed E-state index contributed by atoms with van der Waals surface area (Å²) in [6.45, 7) is 7.02. The van der Waals surface area contributed by atoms with Crippen molar-refractivity contribution in [2.75, 3.05) is 39.4 Å². The van der Waals surface area contributed by atoms with Crippen molar-refractivity contribution in [2.45, 2.75) is 115 Å². The lowest BCUT2D eigenvalue weighted by Gasteiger charge is -2.39. The fraction of sp³-hybridized carbons (Fsp3) is 0.625. The first-order valence-corrected chi connectivity index (χ1v) is 23.3. The Morgan fingerprint density at radius 1 is 0.565 bits per heavy atom. The van der Waals surface area contributed by atoms with E-state index in [1.807, 2.05) is 57.7 Å². The van der Waals surface area contributed by atoms with E-state index in [9.17, 15) is 39.0 Å². The molecular formula is C48H62N6O8. The van der Waals surface area contributed by atoms with Crippen LogP contribution in [0.4, 0.5) is 0 Å². The highest BCUT2D eigenvalue weighted by Gasteiger charge is 2.61. The van der Waals surface area contributed by atoms with Gasteiger partial charge in [-0.2, -0.15) is 0 Å². The van der Waals surface area contributed by atoms with E-state index in [2.05, 4.69) is 0 Å². The summed E-state index contributed by atoms with van der Waals surface area (Å²) in [4.78, 5) is 87.9. The number of piperidine rings is 2. The monoisotopic (exact) mass is 850 g/mol. The van der Waals surface area contributed by atoms with Gasteiger partial charge in [-0.15, -0.1) is 0 Å². The number of nitrogens with zero attached hydrogens (tertiary/aromatic N) is 6. The molecule has 4 bridgehead atoms. The Bertz CT molecular complexity index is 2100. The van der Waals surface area contributed by atoms with Crippen LogP contribution in [0.3, 0.4) is 0 Å². The molecule has 6 aliphatic heterocycles. The van der Waals surface area contributed by atoms with E-state index in [0.29, 0.717) is 24.2 Å². The van der Waals surface area contributed by atoms with Gasteiger partial charge in [-0.3, -0.25) is 28.8 Å². The minimum absolute atomic E-state index is 0.0220. The van der Waals surface area contributed by atoms with Gasteiger partial charge < -0.3 is 38.9 Å². The third-order valence-corrected chi connectivity index (χ3v) is 15.1. The van der Waals surface area contributed by atoms with Gasteiger partial charge in [0.2, 0.25) is 23.6 Å². The first-order valence-electron chi connectivity index (χ1n) is 23.3. The Morgan fingerprint density at radius 3 is 1.26 bits per heavy atom. The van der Waals surface area contributed by atoms with Gasteiger partial charge in [-0.25, -0.2) is 0 Å². The van der Waals surface area contributed by atoms with Gasteiger partial charge in [-0.1, -0.05) is 24.3 Å². The predicted octanol–water partition coefficient (Wildman–Crippen LogP) is 3.59. The minimum atomic E-state index is -0.503. The van der Waals surface area contributed by atoms with Crippen molar-refractivity contribution in [3.05, 3.63) is 79.6 Å². The summed E-state index contributed by atoms with van der Waals surface area (Å²) >= 11 is 0. The fourth-order valence-electron chi connectivity index (χ4n) is 11.8. The van der Waals surface area contributed by atoms with Crippen LogP contribution in [0.25, 0.3) is 12.2 Å². The maximum Gasteiger partial charge on any atom is 0.258 e. The maximum atomic E-state index is 13.7. The molecule has 14 heteroatoms. The molecule has 4 saturated heterocycles. The highest BCUT2D eigenvalue weighted by atomic mass is 16.3. The van der Waals surface area contributed by atoms with Crippen LogP contribution < -0.4 is 11.1 Å². The Balaban J connectivity index is 0.000000158. The highest BCUT2D eigenvalue weighted by molar-refractivity contribution is 5.87. The van der Waals surface area contributed by atoms with Crippen LogP contribution in [0.2, 0.25) is 0 Å². The van der Waals surface area contributed by atoms with E-state index in [-0.39, 0.29) is 83.7 Å². The molecular weight excluding hydrogens is 789 g/mol. The van der Waals surface area contributed by atoms with Crippen LogP contribution in [0.5, 0.6) is 0 Å². The van der Waals surface area contributed by atoms with E-state index in [0.717, 1.165) is 102 Å². The zero-order valence-corrected chi connectivity index (χ0v) is 36.1. The molecule has 0 spiro atoms. The van der Waals surface area contributed by atoms with Gasteiger partial charge in [0.15, 0.2) is 0 Å². The molecule has 14 nitrogen and oxygen atoms in total. The van der Waals surface area contributed by atoms with Crippen LogP contribution in [0.15, 0.2) is 46.0 Å². The molecule has 0 unspecified atom stereocenters. The lowest BCUT2D eigenvalue weighted by atomic mass is 9.85. The minimum Gasteiger partial charge on any atom is -0.396 e. The molecule has 10 rings (SSSR count). The number of pyridine rings is 2. The normalized spacial score (nSPS) is 30.0. The van der Waals surface area contributed by atoms with Crippen molar-refractivity contribution in [3.8, 4) is 0 Å². The van der Waals surface area contributed by atoms with Crippen molar-refractivity contribution in [1.82, 2.24) is 28.7 Å². The van der Waals surface area contributed by atoms with E-state index in [4.69, 9.17) is 0 Å². The predicted molar refractivity (Wildman–Crippen MR) is 232 cm³/mol. The smallest absolute Gasteiger partial charge is 0.258 e. The Kier molecular flexibility index (Phi) is 11.9. The van der Waals surface area contributed by atoms with Gasteiger partial charge in [0.1, 0.15) is 0 Å². The van der Waals surface area contributed by atoms with Crippen molar-refractivity contribution in [1.29, 1.82) is 0 Å². The standard InChI is InChI=1S/2C24H31N3O4/c2*1-2-6-15-9-10-18-21-20(24(31)25-11-4-3-5-12-25)17(14-28)19(13-26(18)22(15)29)27(21)23(30)16-7-8-16/h2*2,6,9-10,16-17,19-21,28H,3-5,7-8,11-14H2,1H3/b6-2+;6-2-/t2*17-,19-,20+,21+/m11/s1. The number of carbonyl (C=O) groups excluding carboxylic acids is 4. The summed E-state index contributed by atoms with van der Waals surface area (Å²) in [5, 5.41) is 20.7. The molecule has 332 valence electrons. The molecule has 8 atom stereocenters. The van der Waals surface area contributed by atoms with Crippen LogP contribution >= 0.6 is 0 Å². The number of rotatable bonds is 8. The number of aliphatic hydroxyl groups is 2. The third kappa shape index (κ3) is 7.28. The second-order valence-corrected chi connectivity index (χ2v) is 18.8. The largest absolute Gasteiger partial charge is 0.396 e. The number of fused-ring (bicyclic) bond motifs is 8. The average molecular weight is 851 g/mol. The van der Waals surface area contributed by atoms with Gasteiger partial charge in [0.25, 0.3) is 11.1 Å². The number of carbonyl (C=O) groups is 4. The van der Waals surface area contributed by atoms with E-state index < -0.39 is 23.9 Å². The molecule has 2 aromatic rings. The zero-order chi connectivity index (χ0) is 43.4. The highest BCUT2D eigenvalue weighted by Crippen LogP contribution is 2.53. The zero-order valence-electron chi connectivity index (χ0n) is 36.1. The van der Waals surface area contributed by atoms with Crippen molar-refractivity contribution >= 4 is 35.8 Å². The summed E-state index contributed by atoms with van der Waals surface area (Å²) < 4.78 is 3.49. The first kappa shape index (κ1) is 42.5. The molecule has 2 aromatic heterocycles. The summed E-state index contributed by atoms with van der Waals surface area (Å²) in [6.07, 6.45) is 17.0. The van der Waals surface area contributed by atoms with Gasteiger partial charge in [-0.05, 0) is 102 Å². The summed E-state index contributed by atoms with van der Waals surface area (Å²) in [5.41, 5.74) is 2.49. The summed E-state index contributed by atoms with van der Waals surface area (Å²) in [6, 6.07) is 5.78. The lowest BCUT2D eigenvalue weighted by Crippen LogP contribution is -2.50. The maximum absolute atomic E-state index is 13.7. The van der Waals surface area contributed by atoms with Crippen molar-refractivity contribution in [2.24, 2.45) is 35.5 Å². The molecule has 8 heterocycles. The molecule has 8 aliphatic rings. The molecule has 6 fully saturated rings. The number of likely N-dealkylation sites (tertiary alicyclic amines) is 2. The lowest BCUT2D eigenvalue weighted by molar-refractivity contribution is -0.142. The Morgan fingerprint density at radius 2 is 0.935 bits per heavy atom. The Hall–Kier alpha value is -4.82. The van der Waals surface area contributed by atoms with Gasteiger partial charge in [0.05, 0.1) is 36.0 Å². The molecule has 2 N–H and O–H groups in total. The van der Waals surface area contributed by atoms with Crippen LogP contribution in [-0.4, -0.2) is 114 Å². The fourth-order valence-corrected chi connectivity index (χ4v) is 11.8. The second kappa shape index (κ2) is 17.4. The first-order chi connectivity index (χ1) is 30.1. The van der Waals surface area contributed by atoms with E-state index in [1.54, 1.807) is 33.4 Å². The number of hydrogen-bond donors (Lipinski definition) is 2. The number of aliphatic hydroxyl groups excluding tert-OH is 2. The molecule has 62 heavy (non-hydrogen) atoms. The van der Waals surface area contributed by atoms with Gasteiger partial charge in [0, 0.05) is 98.7 Å². The van der Waals surface area contributed by atoms with Crippen LogP contribution in [0, 0.1) is 35.5 Å². The number of hydrogen-bond acceptors (Lipinski definition) is 8. The third-order valence-electron chi connectivity index (χ3n) is 15.1. The second-order valence-electron chi connectivity index (χ2n) is 18.8. The van der Waals surface area contributed by atoms with Crippen molar-refractivity contribution in [3.63, 3.8) is 0 Å². The van der Waals surface area contributed by atoms with Crippen LogP contribution in [0.1, 0.15) is 113 Å². The number of aromatic nitrogens is 2. The topological polar surface area (TPSA) is 166 Å². The molecule has 2 saturated carbocycles. The number of amides is 4. The Labute approximate surface area is 362 Å². The summed E-state index contributed by atoms with van der Waals surface area (Å²) in [5.74, 6) is -1.46. The van der Waals surface area contributed by atoms with Crippen LogP contribution in [-0.2, 0) is 32.3 Å². The quantitative estimate of drug-likeness (QED) is 0.407. The van der Waals surface area contributed by atoms with Gasteiger partial charge >= 0.3 is 0 Å².